The van der Waals surface area contributed by atoms with Gasteiger partial charge in [-0.15, -0.1) is 0 Å². The van der Waals surface area contributed by atoms with Gasteiger partial charge in [0.05, 0.1) is 18.8 Å². The van der Waals surface area contributed by atoms with Gasteiger partial charge < -0.3 is 9.47 Å². The number of hydrogen-bond acceptors (Lipinski definition) is 4. The van der Waals surface area contributed by atoms with Crippen molar-refractivity contribution >= 4 is 11.8 Å². The second-order valence-corrected chi connectivity index (χ2v) is 5.48. The van der Waals surface area contributed by atoms with E-state index in [2.05, 4.69) is 6.07 Å². The van der Waals surface area contributed by atoms with Crippen LogP contribution in [0.2, 0.25) is 0 Å². The Hall–Kier alpha value is -2.12. The number of benzene rings is 2. The lowest BCUT2D eigenvalue weighted by molar-refractivity contribution is 0.297. The van der Waals surface area contributed by atoms with Crippen molar-refractivity contribution in [1.29, 1.82) is 5.26 Å². The largest absolute Gasteiger partial charge is 0.490 e. The molecule has 0 atom stereocenters. The number of fused-ring (bicyclic) bond motifs is 1. The molecular formula is C16H13NO2S. The standard InChI is InChI=1S/C16H13NO2S/c17-11-12-4-1-2-5-16(12)20-13-6-7-14-15(10-13)19-9-3-8-18-14/h1-2,4-7,10H,3,8-9H2. The maximum Gasteiger partial charge on any atom is 0.162 e. The summed E-state index contributed by atoms with van der Waals surface area (Å²) >= 11 is 1.56. The molecule has 0 unspecified atom stereocenters. The topological polar surface area (TPSA) is 42.2 Å². The maximum atomic E-state index is 9.12. The smallest absolute Gasteiger partial charge is 0.162 e. The fourth-order valence-corrected chi connectivity index (χ4v) is 2.91. The molecule has 100 valence electrons. The highest BCUT2D eigenvalue weighted by atomic mass is 32.2. The quantitative estimate of drug-likeness (QED) is 0.839. The van der Waals surface area contributed by atoms with E-state index in [0.717, 1.165) is 27.7 Å². The van der Waals surface area contributed by atoms with Crippen LogP contribution >= 0.6 is 11.8 Å². The van der Waals surface area contributed by atoms with Gasteiger partial charge in [-0.1, -0.05) is 23.9 Å². The average Bonchev–Trinajstić information content (AvgIpc) is 2.72. The molecule has 0 amide bonds. The van der Waals surface area contributed by atoms with Crippen molar-refractivity contribution in [3.8, 4) is 17.6 Å². The fourth-order valence-electron chi connectivity index (χ4n) is 1.98. The lowest BCUT2D eigenvalue weighted by Crippen LogP contribution is -1.97. The normalized spacial score (nSPS) is 13.3. The van der Waals surface area contributed by atoms with E-state index in [-0.39, 0.29) is 0 Å². The molecule has 2 aromatic carbocycles. The zero-order valence-electron chi connectivity index (χ0n) is 10.8. The number of nitrogens with zero attached hydrogens (tertiary/aromatic N) is 1. The molecule has 2 aromatic rings. The predicted molar refractivity (Wildman–Crippen MR) is 77.3 cm³/mol. The fraction of sp³-hybridized carbons (Fsp3) is 0.188. The van der Waals surface area contributed by atoms with Gasteiger partial charge in [0.15, 0.2) is 11.5 Å². The average molecular weight is 283 g/mol. The van der Waals surface area contributed by atoms with E-state index < -0.39 is 0 Å². The zero-order valence-corrected chi connectivity index (χ0v) is 11.7. The molecule has 1 heterocycles. The highest BCUT2D eigenvalue weighted by Crippen LogP contribution is 2.37. The predicted octanol–water partition coefficient (Wildman–Crippen LogP) is 3.87. The van der Waals surface area contributed by atoms with Crippen LogP contribution in [0.3, 0.4) is 0 Å². The van der Waals surface area contributed by atoms with Crippen LogP contribution in [0.5, 0.6) is 11.5 Å². The third-order valence-electron chi connectivity index (χ3n) is 2.95. The van der Waals surface area contributed by atoms with Crippen molar-refractivity contribution in [2.45, 2.75) is 16.2 Å². The van der Waals surface area contributed by atoms with Crippen LogP contribution in [-0.4, -0.2) is 13.2 Å². The first-order chi connectivity index (χ1) is 9.86. The summed E-state index contributed by atoms with van der Waals surface area (Å²) in [6.07, 6.45) is 0.897. The molecule has 0 spiro atoms. The highest BCUT2D eigenvalue weighted by molar-refractivity contribution is 7.99. The van der Waals surface area contributed by atoms with Gasteiger partial charge >= 0.3 is 0 Å². The van der Waals surface area contributed by atoms with E-state index in [4.69, 9.17) is 14.7 Å². The first-order valence-electron chi connectivity index (χ1n) is 6.43. The zero-order chi connectivity index (χ0) is 13.8. The summed E-state index contributed by atoms with van der Waals surface area (Å²) in [5.74, 6) is 1.57. The Bertz CT molecular complexity index is 664. The summed E-state index contributed by atoms with van der Waals surface area (Å²) in [7, 11) is 0. The molecule has 1 aliphatic heterocycles. The van der Waals surface area contributed by atoms with Gasteiger partial charge in [0.25, 0.3) is 0 Å². The van der Waals surface area contributed by atoms with E-state index in [9.17, 15) is 0 Å². The van der Waals surface area contributed by atoms with Crippen molar-refractivity contribution in [1.82, 2.24) is 0 Å². The van der Waals surface area contributed by atoms with Crippen LogP contribution in [0.1, 0.15) is 12.0 Å². The summed E-state index contributed by atoms with van der Waals surface area (Å²) in [5, 5.41) is 9.12. The molecule has 3 nitrogen and oxygen atoms in total. The third kappa shape index (κ3) is 2.73. The third-order valence-corrected chi connectivity index (χ3v) is 4.02. The van der Waals surface area contributed by atoms with E-state index in [1.54, 1.807) is 11.8 Å². The van der Waals surface area contributed by atoms with Crippen molar-refractivity contribution in [2.75, 3.05) is 13.2 Å². The number of rotatable bonds is 2. The molecule has 0 saturated carbocycles. The minimum absolute atomic E-state index is 0.676. The van der Waals surface area contributed by atoms with Crippen LogP contribution in [0.15, 0.2) is 52.3 Å². The van der Waals surface area contributed by atoms with Gasteiger partial charge in [-0.2, -0.15) is 5.26 Å². The second kappa shape index (κ2) is 5.89. The van der Waals surface area contributed by atoms with Crippen LogP contribution in [0.4, 0.5) is 0 Å². The minimum Gasteiger partial charge on any atom is -0.490 e. The molecule has 0 fully saturated rings. The molecule has 0 saturated heterocycles. The molecule has 3 rings (SSSR count). The molecule has 0 aliphatic carbocycles. The van der Waals surface area contributed by atoms with Crippen LogP contribution in [0, 0.1) is 11.3 Å². The summed E-state index contributed by atoms with van der Waals surface area (Å²) in [6.45, 7) is 1.37. The van der Waals surface area contributed by atoms with E-state index in [1.165, 1.54) is 0 Å². The lowest BCUT2D eigenvalue weighted by Gasteiger charge is -2.09. The number of nitriles is 1. The Morgan fingerprint density at radius 3 is 2.65 bits per heavy atom. The summed E-state index contributed by atoms with van der Waals surface area (Å²) in [6, 6.07) is 15.7. The maximum absolute atomic E-state index is 9.12. The molecule has 1 aliphatic rings. The molecule has 4 heteroatoms. The minimum atomic E-state index is 0.676. The van der Waals surface area contributed by atoms with Gasteiger partial charge in [-0.05, 0) is 30.3 Å². The van der Waals surface area contributed by atoms with Gasteiger partial charge in [-0.25, -0.2) is 0 Å². The van der Waals surface area contributed by atoms with Crippen molar-refractivity contribution in [2.24, 2.45) is 0 Å². The van der Waals surface area contributed by atoms with Gasteiger partial charge in [0.2, 0.25) is 0 Å². The second-order valence-electron chi connectivity index (χ2n) is 4.37. The Balaban J connectivity index is 1.88. The first kappa shape index (κ1) is 12.9. The van der Waals surface area contributed by atoms with Crippen molar-refractivity contribution in [3.63, 3.8) is 0 Å². The van der Waals surface area contributed by atoms with Crippen LogP contribution < -0.4 is 9.47 Å². The number of hydrogen-bond donors (Lipinski definition) is 0. The Morgan fingerprint density at radius 1 is 1.00 bits per heavy atom. The Morgan fingerprint density at radius 2 is 1.80 bits per heavy atom. The number of ether oxygens (including phenoxy) is 2. The molecule has 0 radical (unpaired) electrons. The van der Waals surface area contributed by atoms with Crippen LogP contribution in [0.25, 0.3) is 0 Å². The van der Waals surface area contributed by atoms with Crippen molar-refractivity contribution in [3.05, 3.63) is 48.0 Å². The van der Waals surface area contributed by atoms with Gasteiger partial charge in [-0.3, -0.25) is 0 Å². The lowest BCUT2D eigenvalue weighted by atomic mass is 10.2. The Labute approximate surface area is 122 Å². The molecule has 20 heavy (non-hydrogen) atoms. The van der Waals surface area contributed by atoms with E-state index >= 15 is 0 Å². The summed E-state index contributed by atoms with van der Waals surface area (Å²) in [5.41, 5.74) is 0.685. The molecule has 0 N–H and O–H groups in total. The van der Waals surface area contributed by atoms with Crippen molar-refractivity contribution < 1.29 is 9.47 Å². The molecule has 0 bridgehead atoms. The molecular weight excluding hydrogens is 270 g/mol. The van der Waals surface area contributed by atoms with Gasteiger partial charge in [0, 0.05) is 16.2 Å². The van der Waals surface area contributed by atoms with E-state index in [1.807, 2.05) is 42.5 Å². The highest BCUT2D eigenvalue weighted by Gasteiger charge is 2.12. The Kier molecular flexibility index (Phi) is 3.80. The molecule has 0 aromatic heterocycles. The van der Waals surface area contributed by atoms with E-state index in [0.29, 0.717) is 18.8 Å². The monoisotopic (exact) mass is 283 g/mol. The van der Waals surface area contributed by atoms with Gasteiger partial charge in [0.1, 0.15) is 6.07 Å². The SMILES string of the molecule is N#Cc1ccccc1Sc1ccc2c(c1)OCCCO2. The first-order valence-corrected chi connectivity index (χ1v) is 7.25. The summed E-state index contributed by atoms with van der Waals surface area (Å²) < 4.78 is 11.3. The summed E-state index contributed by atoms with van der Waals surface area (Å²) in [4.78, 5) is 1.99. The van der Waals surface area contributed by atoms with Crippen LogP contribution in [-0.2, 0) is 0 Å².